The minimum atomic E-state index is -0.133. The van der Waals surface area contributed by atoms with Gasteiger partial charge in [-0.15, -0.1) is 0 Å². The van der Waals surface area contributed by atoms with Crippen LogP contribution in [-0.2, 0) is 0 Å². The van der Waals surface area contributed by atoms with Crippen LogP contribution < -0.4 is 15.8 Å². The second kappa shape index (κ2) is 4.88. The van der Waals surface area contributed by atoms with Crippen molar-refractivity contribution in [3.05, 3.63) is 0 Å². The Hall–Kier alpha value is -1.01. The largest absolute Gasteiger partial charge is 0.490 e. The number of nitrogens with zero attached hydrogens (tertiary/aromatic N) is 1. The summed E-state index contributed by atoms with van der Waals surface area (Å²) in [5, 5.41) is 13.7. The summed E-state index contributed by atoms with van der Waals surface area (Å²) in [6, 6.07) is 0.386. The fraction of sp³-hybridized carbons (Fsp3) is 0.700. The Morgan fingerprint density at radius 1 is 1.44 bits per heavy atom. The third-order valence-electron chi connectivity index (χ3n) is 2.91. The van der Waals surface area contributed by atoms with E-state index in [0.717, 1.165) is 30.7 Å². The lowest BCUT2D eigenvalue weighted by Gasteiger charge is -2.26. The second-order valence-electron chi connectivity index (χ2n) is 4.08. The molecule has 5 nitrogen and oxygen atoms in total. The summed E-state index contributed by atoms with van der Waals surface area (Å²) in [7, 11) is 1.59. The molecule has 4 N–H and O–H groups in total. The van der Waals surface area contributed by atoms with Crippen molar-refractivity contribution in [1.29, 1.82) is 0 Å². The highest BCUT2D eigenvalue weighted by Gasteiger charge is 2.21. The van der Waals surface area contributed by atoms with Crippen LogP contribution in [0.1, 0.15) is 25.7 Å². The van der Waals surface area contributed by atoms with Crippen LogP contribution in [0.25, 0.3) is 0 Å². The van der Waals surface area contributed by atoms with Crippen LogP contribution in [0.4, 0.5) is 10.8 Å². The first kappa shape index (κ1) is 11.5. The molecule has 6 heteroatoms. The number of nitrogens with two attached hydrogens (primary N) is 1. The number of aromatic nitrogens is 1. The summed E-state index contributed by atoms with van der Waals surface area (Å²) >= 11 is 1.32. The van der Waals surface area contributed by atoms with Gasteiger partial charge in [0, 0.05) is 6.04 Å². The van der Waals surface area contributed by atoms with Crippen LogP contribution in [0.2, 0.25) is 0 Å². The molecule has 0 unspecified atom stereocenters. The highest BCUT2D eigenvalue weighted by Crippen LogP contribution is 2.36. The molecule has 0 aliphatic heterocycles. The van der Waals surface area contributed by atoms with Gasteiger partial charge in [0.25, 0.3) is 0 Å². The number of aliphatic hydroxyl groups is 1. The third kappa shape index (κ3) is 2.38. The number of methoxy groups -OCH3 is 1. The van der Waals surface area contributed by atoms with E-state index in [1.807, 2.05) is 0 Å². The highest BCUT2D eigenvalue weighted by atomic mass is 32.1. The standard InChI is InChI=1S/C10H17N3O2S/c1-15-8-9(11)13-16-10(8)12-6-2-4-7(14)5-3-6/h6-7,12,14H,2-5H2,1H3,(H2,11,13). The first-order valence-corrected chi connectivity index (χ1v) is 6.21. The van der Waals surface area contributed by atoms with Crippen LogP contribution in [0, 0.1) is 0 Å². The van der Waals surface area contributed by atoms with Crippen molar-refractivity contribution in [1.82, 2.24) is 4.37 Å². The number of anilines is 2. The Balaban J connectivity index is 1.98. The van der Waals surface area contributed by atoms with Gasteiger partial charge in [-0.25, -0.2) is 0 Å². The summed E-state index contributed by atoms with van der Waals surface area (Å²) in [4.78, 5) is 0. The second-order valence-corrected chi connectivity index (χ2v) is 4.85. The van der Waals surface area contributed by atoms with Crippen molar-refractivity contribution in [2.75, 3.05) is 18.2 Å². The zero-order valence-corrected chi connectivity index (χ0v) is 10.1. The average Bonchev–Trinajstić information content (AvgIpc) is 2.63. The third-order valence-corrected chi connectivity index (χ3v) is 3.68. The molecular weight excluding hydrogens is 226 g/mol. The van der Waals surface area contributed by atoms with Crippen molar-refractivity contribution >= 4 is 22.4 Å². The predicted molar refractivity (Wildman–Crippen MR) is 65.0 cm³/mol. The summed E-state index contributed by atoms with van der Waals surface area (Å²) in [5.74, 6) is 1.07. The molecular formula is C10H17N3O2S. The topological polar surface area (TPSA) is 80.4 Å². The number of ether oxygens (including phenoxy) is 1. The average molecular weight is 243 g/mol. The van der Waals surface area contributed by atoms with Crippen molar-refractivity contribution in [2.45, 2.75) is 37.8 Å². The van der Waals surface area contributed by atoms with Crippen LogP contribution in [-0.4, -0.2) is 28.7 Å². The summed E-state index contributed by atoms with van der Waals surface area (Å²) in [6.07, 6.45) is 3.53. The van der Waals surface area contributed by atoms with Crippen LogP contribution in [0.15, 0.2) is 0 Å². The maximum atomic E-state index is 9.42. The predicted octanol–water partition coefficient (Wildman–Crippen LogP) is 1.45. The SMILES string of the molecule is COc1c(N)nsc1NC1CCC(O)CC1. The molecule has 1 aliphatic rings. The Bertz CT molecular complexity index is 348. The lowest BCUT2D eigenvalue weighted by molar-refractivity contribution is 0.126. The molecule has 0 aromatic carbocycles. The number of nitrogen functional groups attached to an aromatic ring is 1. The van der Waals surface area contributed by atoms with E-state index in [0.29, 0.717) is 17.6 Å². The number of hydrogen-bond donors (Lipinski definition) is 3. The molecule has 0 bridgehead atoms. The molecule has 1 heterocycles. The molecule has 0 amide bonds. The van der Waals surface area contributed by atoms with Gasteiger partial charge in [-0.2, -0.15) is 4.37 Å². The van der Waals surface area contributed by atoms with Gasteiger partial charge in [-0.1, -0.05) is 0 Å². The van der Waals surface area contributed by atoms with Gasteiger partial charge in [0.2, 0.25) is 0 Å². The van der Waals surface area contributed by atoms with Crippen molar-refractivity contribution in [3.63, 3.8) is 0 Å². The molecule has 2 rings (SSSR count). The molecule has 1 fully saturated rings. The van der Waals surface area contributed by atoms with Gasteiger partial charge < -0.3 is 20.9 Å². The molecule has 1 saturated carbocycles. The molecule has 0 spiro atoms. The molecule has 1 aliphatic carbocycles. The number of aliphatic hydroxyl groups excluding tert-OH is 1. The van der Waals surface area contributed by atoms with Crippen molar-refractivity contribution < 1.29 is 9.84 Å². The van der Waals surface area contributed by atoms with Crippen LogP contribution in [0.5, 0.6) is 5.75 Å². The van der Waals surface area contributed by atoms with E-state index in [4.69, 9.17) is 10.5 Å². The smallest absolute Gasteiger partial charge is 0.197 e. The molecule has 1 aromatic rings. The number of nitrogens with one attached hydrogen (secondary N) is 1. The van der Waals surface area contributed by atoms with E-state index >= 15 is 0 Å². The normalized spacial score (nSPS) is 25.4. The molecule has 1 aromatic heterocycles. The van der Waals surface area contributed by atoms with Crippen LogP contribution >= 0.6 is 11.5 Å². The highest BCUT2D eigenvalue weighted by molar-refractivity contribution is 7.11. The van der Waals surface area contributed by atoms with Crippen molar-refractivity contribution in [3.8, 4) is 5.75 Å². The minimum absolute atomic E-state index is 0.133. The van der Waals surface area contributed by atoms with E-state index in [1.165, 1.54) is 11.5 Å². The number of hydrogen-bond acceptors (Lipinski definition) is 6. The van der Waals surface area contributed by atoms with E-state index in [2.05, 4.69) is 9.69 Å². The van der Waals surface area contributed by atoms with Crippen molar-refractivity contribution in [2.24, 2.45) is 0 Å². The Morgan fingerprint density at radius 2 is 2.12 bits per heavy atom. The Kier molecular flexibility index (Phi) is 3.50. The van der Waals surface area contributed by atoms with E-state index < -0.39 is 0 Å². The minimum Gasteiger partial charge on any atom is -0.490 e. The molecule has 0 saturated heterocycles. The van der Waals surface area contributed by atoms with Gasteiger partial charge in [-0.3, -0.25) is 0 Å². The fourth-order valence-corrected chi connectivity index (χ4v) is 2.75. The summed E-state index contributed by atoms with van der Waals surface area (Å²) in [5.41, 5.74) is 5.67. The van der Waals surface area contributed by atoms with Gasteiger partial charge >= 0.3 is 0 Å². The zero-order valence-electron chi connectivity index (χ0n) is 9.27. The maximum Gasteiger partial charge on any atom is 0.197 e. The van der Waals surface area contributed by atoms with Gasteiger partial charge in [-0.05, 0) is 37.2 Å². The maximum absolute atomic E-state index is 9.42. The zero-order chi connectivity index (χ0) is 11.5. The number of rotatable bonds is 3. The monoisotopic (exact) mass is 243 g/mol. The van der Waals surface area contributed by atoms with E-state index in [9.17, 15) is 5.11 Å². The molecule has 16 heavy (non-hydrogen) atoms. The Morgan fingerprint density at radius 3 is 2.75 bits per heavy atom. The lowest BCUT2D eigenvalue weighted by atomic mass is 9.93. The molecule has 0 radical (unpaired) electrons. The molecule has 0 atom stereocenters. The van der Waals surface area contributed by atoms with E-state index in [-0.39, 0.29) is 6.10 Å². The fourth-order valence-electron chi connectivity index (χ4n) is 1.99. The van der Waals surface area contributed by atoms with Crippen LogP contribution in [0.3, 0.4) is 0 Å². The lowest BCUT2D eigenvalue weighted by Crippen LogP contribution is -2.27. The van der Waals surface area contributed by atoms with Gasteiger partial charge in [0.15, 0.2) is 16.6 Å². The first-order valence-electron chi connectivity index (χ1n) is 5.44. The van der Waals surface area contributed by atoms with E-state index in [1.54, 1.807) is 7.11 Å². The quantitative estimate of drug-likeness (QED) is 0.748. The van der Waals surface area contributed by atoms with Gasteiger partial charge in [0.05, 0.1) is 13.2 Å². The summed E-state index contributed by atoms with van der Waals surface area (Å²) in [6.45, 7) is 0. The molecule has 90 valence electrons. The van der Waals surface area contributed by atoms with Gasteiger partial charge in [0.1, 0.15) is 0 Å². The summed E-state index contributed by atoms with van der Waals surface area (Å²) < 4.78 is 9.24. The first-order chi connectivity index (χ1) is 7.70. The Labute approximate surface area is 98.8 Å².